The lowest BCUT2D eigenvalue weighted by Crippen LogP contribution is -2.15. The van der Waals surface area contributed by atoms with Gasteiger partial charge in [-0.3, -0.25) is 9.78 Å². The lowest BCUT2D eigenvalue weighted by atomic mass is 10.1. The maximum atomic E-state index is 12.4. The Morgan fingerprint density at radius 3 is 2.88 bits per heavy atom. The van der Waals surface area contributed by atoms with Gasteiger partial charge in [0.1, 0.15) is 6.61 Å². The molecule has 1 N–H and O–H groups in total. The monoisotopic (exact) mass is 391 g/mol. The topological polar surface area (TPSA) is 56.1 Å². The predicted octanol–water partition coefficient (Wildman–Crippen LogP) is 4.32. The molecule has 1 aromatic carbocycles. The molecule has 0 aliphatic heterocycles. The Morgan fingerprint density at radius 2 is 2.08 bits per heavy atom. The first-order valence-corrected chi connectivity index (χ1v) is 9.28. The van der Waals surface area contributed by atoms with E-state index in [1.54, 1.807) is 17.0 Å². The second-order valence-corrected chi connectivity index (χ2v) is 6.59. The van der Waals surface area contributed by atoms with Gasteiger partial charge in [-0.25, -0.2) is 0 Å². The molecule has 0 saturated heterocycles. The third-order valence-electron chi connectivity index (χ3n) is 3.92. The second-order valence-electron chi connectivity index (χ2n) is 5.81. The number of benzene rings is 1. The normalized spacial score (nSPS) is 10.8. The van der Waals surface area contributed by atoms with Crippen LogP contribution in [-0.4, -0.2) is 28.1 Å². The highest BCUT2D eigenvalue weighted by atomic mass is 35.5. The third kappa shape index (κ3) is 4.48. The summed E-state index contributed by atoms with van der Waals surface area (Å²) in [6.45, 7) is 0.573. The van der Waals surface area contributed by atoms with Gasteiger partial charge >= 0.3 is 0 Å². The Morgan fingerprint density at radius 1 is 1.23 bits per heavy atom. The van der Waals surface area contributed by atoms with Gasteiger partial charge in [0.15, 0.2) is 0 Å². The van der Waals surface area contributed by atoms with Crippen molar-refractivity contribution in [1.29, 1.82) is 0 Å². The van der Waals surface area contributed by atoms with Gasteiger partial charge in [-0.15, -0.1) is 11.6 Å². The Balaban J connectivity index is 1.75. The first-order valence-electron chi connectivity index (χ1n) is 8.36. The highest BCUT2D eigenvalue weighted by Gasteiger charge is 2.13. The average molecular weight is 392 g/mol. The Kier molecular flexibility index (Phi) is 6.36. The predicted molar refractivity (Wildman–Crippen MR) is 105 cm³/mol. The zero-order valence-electron chi connectivity index (χ0n) is 14.1. The summed E-state index contributed by atoms with van der Waals surface area (Å²) in [6.07, 6.45) is 6.95. The van der Waals surface area contributed by atoms with Crippen molar-refractivity contribution in [2.24, 2.45) is 0 Å². The van der Waals surface area contributed by atoms with Gasteiger partial charge in [-0.05, 0) is 30.5 Å². The maximum absolute atomic E-state index is 12.4. The molecular weight excluding hydrogens is 373 g/mol. The molecular formula is C19H19Cl2N3O2. The van der Waals surface area contributed by atoms with Crippen molar-refractivity contribution in [2.45, 2.75) is 19.3 Å². The van der Waals surface area contributed by atoms with Gasteiger partial charge in [-0.2, -0.15) is 4.73 Å². The molecule has 26 heavy (non-hydrogen) atoms. The summed E-state index contributed by atoms with van der Waals surface area (Å²) in [7, 11) is 0. The van der Waals surface area contributed by atoms with Crippen LogP contribution in [0.15, 0.2) is 48.9 Å². The van der Waals surface area contributed by atoms with Crippen molar-refractivity contribution < 1.29 is 9.63 Å². The largest absolute Gasteiger partial charge is 0.414 e. The van der Waals surface area contributed by atoms with Gasteiger partial charge < -0.3 is 10.2 Å². The molecule has 3 rings (SSSR count). The van der Waals surface area contributed by atoms with Crippen LogP contribution in [0.4, 0.5) is 5.69 Å². The molecule has 0 radical (unpaired) electrons. The van der Waals surface area contributed by atoms with Crippen LogP contribution in [-0.2, 0) is 11.2 Å². The Bertz CT molecular complexity index is 895. The number of fused-ring (bicyclic) bond motifs is 1. The number of anilines is 1. The minimum absolute atomic E-state index is 0.150. The number of aromatic nitrogens is 2. The molecule has 0 aliphatic carbocycles. The zero-order chi connectivity index (χ0) is 18.4. The highest BCUT2D eigenvalue weighted by Crippen LogP contribution is 2.23. The number of nitrogens with zero attached hydrogens (tertiary/aromatic N) is 2. The lowest BCUT2D eigenvalue weighted by molar-refractivity contribution is -0.115. The van der Waals surface area contributed by atoms with Crippen molar-refractivity contribution in [2.75, 3.05) is 17.8 Å². The number of carbonyl (C=O) groups is 1. The van der Waals surface area contributed by atoms with E-state index in [1.165, 1.54) is 6.20 Å². The Labute approximate surface area is 161 Å². The summed E-state index contributed by atoms with van der Waals surface area (Å²) in [5.41, 5.74) is 2.37. The van der Waals surface area contributed by atoms with Gasteiger partial charge in [0.2, 0.25) is 5.91 Å². The van der Waals surface area contributed by atoms with Crippen molar-refractivity contribution in [3.05, 3.63) is 59.5 Å². The number of alkyl halides is 1. The average Bonchev–Trinajstić information content (AvgIpc) is 2.98. The molecule has 0 fully saturated rings. The van der Waals surface area contributed by atoms with Crippen LogP contribution < -0.4 is 10.2 Å². The summed E-state index contributed by atoms with van der Waals surface area (Å²) < 4.78 is 1.73. The molecule has 0 unspecified atom stereocenters. The van der Waals surface area contributed by atoms with Gasteiger partial charge in [0.05, 0.1) is 22.6 Å². The number of pyridine rings is 1. The van der Waals surface area contributed by atoms with Gasteiger partial charge in [-0.1, -0.05) is 29.8 Å². The van der Waals surface area contributed by atoms with Crippen LogP contribution in [0.1, 0.15) is 18.4 Å². The fraction of sp³-hybridized carbons (Fsp3) is 0.263. The second kappa shape index (κ2) is 8.92. The van der Waals surface area contributed by atoms with E-state index in [-0.39, 0.29) is 12.3 Å². The number of rotatable bonds is 8. The molecule has 5 nitrogen and oxygen atoms in total. The van der Waals surface area contributed by atoms with Crippen molar-refractivity contribution >= 4 is 45.7 Å². The summed E-state index contributed by atoms with van der Waals surface area (Å²) >= 11 is 11.7. The zero-order valence-corrected chi connectivity index (χ0v) is 15.6. The molecule has 0 saturated carbocycles. The fourth-order valence-electron chi connectivity index (χ4n) is 2.67. The SMILES string of the molecule is O=C(Cc1cn(OCCCCCl)c2ccccc12)Nc1ccncc1Cl. The molecule has 136 valence electrons. The number of carbonyl (C=O) groups excluding carboxylic acids is 1. The fourth-order valence-corrected chi connectivity index (χ4v) is 3.02. The highest BCUT2D eigenvalue weighted by molar-refractivity contribution is 6.33. The van der Waals surface area contributed by atoms with Crippen molar-refractivity contribution in [3.63, 3.8) is 0 Å². The molecule has 2 heterocycles. The molecule has 0 atom stereocenters. The van der Waals surface area contributed by atoms with Crippen LogP contribution in [0, 0.1) is 0 Å². The number of nitrogens with one attached hydrogen (secondary N) is 1. The van der Waals surface area contributed by atoms with E-state index in [2.05, 4.69) is 10.3 Å². The van der Waals surface area contributed by atoms with E-state index in [9.17, 15) is 4.79 Å². The molecule has 0 bridgehead atoms. The number of unbranched alkanes of at least 4 members (excludes halogenated alkanes) is 1. The minimum Gasteiger partial charge on any atom is -0.414 e. The molecule has 3 aromatic rings. The van der Waals surface area contributed by atoms with Crippen LogP contribution in [0.25, 0.3) is 10.9 Å². The number of hydrogen-bond donors (Lipinski definition) is 1. The number of para-hydroxylation sites is 1. The summed E-state index contributed by atoms with van der Waals surface area (Å²) in [6, 6.07) is 9.51. The van der Waals surface area contributed by atoms with Crippen LogP contribution in [0.3, 0.4) is 0 Å². The van der Waals surface area contributed by atoms with E-state index in [0.29, 0.717) is 23.2 Å². The van der Waals surface area contributed by atoms with E-state index >= 15 is 0 Å². The van der Waals surface area contributed by atoms with Gasteiger partial charge in [0, 0.05) is 29.9 Å². The number of amides is 1. The van der Waals surface area contributed by atoms with Crippen LogP contribution in [0.2, 0.25) is 5.02 Å². The van der Waals surface area contributed by atoms with Crippen LogP contribution >= 0.6 is 23.2 Å². The quantitative estimate of drug-likeness (QED) is 0.459. The van der Waals surface area contributed by atoms with E-state index in [4.69, 9.17) is 28.0 Å². The van der Waals surface area contributed by atoms with E-state index in [0.717, 1.165) is 29.3 Å². The lowest BCUT2D eigenvalue weighted by Gasteiger charge is -2.07. The summed E-state index contributed by atoms with van der Waals surface area (Å²) in [5.74, 6) is 0.474. The van der Waals surface area contributed by atoms with E-state index in [1.807, 2.05) is 30.5 Å². The van der Waals surface area contributed by atoms with Crippen molar-refractivity contribution in [1.82, 2.24) is 9.71 Å². The van der Waals surface area contributed by atoms with Gasteiger partial charge in [0.25, 0.3) is 0 Å². The maximum Gasteiger partial charge on any atom is 0.228 e. The number of halogens is 2. The summed E-state index contributed by atoms with van der Waals surface area (Å²) in [4.78, 5) is 22.2. The Hall–Kier alpha value is -2.24. The smallest absolute Gasteiger partial charge is 0.228 e. The van der Waals surface area contributed by atoms with Crippen LogP contribution in [0.5, 0.6) is 0 Å². The van der Waals surface area contributed by atoms with E-state index < -0.39 is 0 Å². The van der Waals surface area contributed by atoms with Crippen molar-refractivity contribution in [3.8, 4) is 0 Å². The standard InChI is InChI=1S/C19H19Cl2N3O2/c20-8-3-4-10-26-24-13-14(15-5-1-2-6-18(15)24)11-19(25)23-17-7-9-22-12-16(17)21/h1-2,5-7,9,12-13H,3-4,8,10-11H2,(H,22,23,25). The third-order valence-corrected chi connectivity index (χ3v) is 4.48. The molecule has 2 aromatic heterocycles. The molecule has 0 spiro atoms. The summed E-state index contributed by atoms with van der Waals surface area (Å²) in [5, 5.41) is 4.21. The molecule has 0 aliphatic rings. The first-order chi connectivity index (χ1) is 12.7. The molecule has 1 amide bonds. The first kappa shape index (κ1) is 18.5. The minimum atomic E-state index is -0.150. The molecule has 7 heteroatoms. The number of hydrogen-bond acceptors (Lipinski definition) is 3.